The number of halogens is 1. The first-order valence-corrected chi connectivity index (χ1v) is 7.98. The molecule has 1 unspecified atom stereocenters. The average Bonchev–Trinajstić information content (AvgIpc) is 3.20. The van der Waals surface area contributed by atoms with Gasteiger partial charge in [-0.15, -0.1) is 24.0 Å². The first-order chi connectivity index (χ1) is 9.74. The summed E-state index contributed by atoms with van der Waals surface area (Å²) < 4.78 is 0. The molecule has 0 bridgehead atoms. The van der Waals surface area contributed by atoms with Gasteiger partial charge >= 0.3 is 0 Å². The molecule has 0 aromatic heterocycles. The molecule has 2 rings (SSSR count). The van der Waals surface area contributed by atoms with E-state index in [4.69, 9.17) is 0 Å². The van der Waals surface area contributed by atoms with Crippen LogP contribution in [-0.4, -0.2) is 49.5 Å². The van der Waals surface area contributed by atoms with Gasteiger partial charge in [0.25, 0.3) is 0 Å². The molecule has 0 radical (unpaired) electrons. The third-order valence-corrected chi connectivity index (χ3v) is 4.27. The molecule has 1 aliphatic heterocycles. The molecule has 1 atom stereocenters. The second-order valence-electron chi connectivity index (χ2n) is 5.86. The van der Waals surface area contributed by atoms with Gasteiger partial charge in [0.1, 0.15) is 0 Å². The van der Waals surface area contributed by atoms with Crippen molar-refractivity contribution in [1.82, 2.24) is 15.5 Å². The van der Waals surface area contributed by atoms with Crippen LogP contribution in [0.5, 0.6) is 0 Å². The van der Waals surface area contributed by atoms with Crippen molar-refractivity contribution in [3.05, 3.63) is 0 Å². The SMILES string of the molecule is CCC(CCNC(=NC)NCC1CC1)N1CCCC1=O.I. The highest BCUT2D eigenvalue weighted by Gasteiger charge is 2.26. The zero-order valence-corrected chi connectivity index (χ0v) is 15.6. The third-order valence-electron chi connectivity index (χ3n) is 4.27. The van der Waals surface area contributed by atoms with E-state index >= 15 is 0 Å². The number of likely N-dealkylation sites (tertiary alicyclic amines) is 1. The average molecular weight is 408 g/mol. The van der Waals surface area contributed by atoms with Gasteiger partial charge in [-0.25, -0.2) is 0 Å². The summed E-state index contributed by atoms with van der Waals surface area (Å²) in [6.07, 6.45) is 6.47. The molecule has 0 aromatic carbocycles. The summed E-state index contributed by atoms with van der Waals surface area (Å²) in [5.41, 5.74) is 0. The topological polar surface area (TPSA) is 56.7 Å². The number of carbonyl (C=O) groups is 1. The maximum Gasteiger partial charge on any atom is 0.222 e. The van der Waals surface area contributed by atoms with Gasteiger partial charge in [0.05, 0.1) is 0 Å². The van der Waals surface area contributed by atoms with Crippen LogP contribution in [0.1, 0.15) is 45.4 Å². The van der Waals surface area contributed by atoms with Crippen LogP contribution in [0.25, 0.3) is 0 Å². The van der Waals surface area contributed by atoms with E-state index in [1.54, 1.807) is 0 Å². The van der Waals surface area contributed by atoms with E-state index in [9.17, 15) is 4.79 Å². The van der Waals surface area contributed by atoms with E-state index in [0.29, 0.717) is 11.9 Å². The van der Waals surface area contributed by atoms with Crippen LogP contribution >= 0.6 is 24.0 Å². The first kappa shape index (κ1) is 18.5. The number of rotatable bonds is 7. The minimum absolute atomic E-state index is 0. The molecule has 1 heterocycles. The van der Waals surface area contributed by atoms with E-state index < -0.39 is 0 Å². The van der Waals surface area contributed by atoms with Crippen molar-refractivity contribution in [3.63, 3.8) is 0 Å². The Morgan fingerprint density at radius 1 is 1.43 bits per heavy atom. The van der Waals surface area contributed by atoms with Crippen molar-refractivity contribution in [2.24, 2.45) is 10.9 Å². The highest BCUT2D eigenvalue weighted by Crippen LogP contribution is 2.27. The van der Waals surface area contributed by atoms with Gasteiger partial charge in [0, 0.05) is 39.1 Å². The Morgan fingerprint density at radius 2 is 2.19 bits per heavy atom. The highest BCUT2D eigenvalue weighted by molar-refractivity contribution is 14.0. The Morgan fingerprint density at radius 3 is 2.71 bits per heavy atom. The number of guanidine groups is 1. The van der Waals surface area contributed by atoms with Gasteiger partial charge in [-0.2, -0.15) is 0 Å². The summed E-state index contributed by atoms with van der Waals surface area (Å²) in [6.45, 7) is 5.00. The standard InChI is InChI=1S/C15H28N4O.HI/c1-3-13(19-10-4-5-14(19)20)8-9-17-15(16-2)18-11-12-6-7-12;/h12-13H,3-11H2,1-2H3,(H2,16,17,18);1H. The van der Waals surface area contributed by atoms with Crippen LogP contribution in [0.3, 0.4) is 0 Å². The predicted molar refractivity (Wildman–Crippen MR) is 97.1 cm³/mol. The van der Waals surface area contributed by atoms with Crippen molar-refractivity contribution >= 4 is 35.8 Å². The first-order valence-electron chi connectivity index (χ1n) is 7.98. The predicted octanol–water partition coefficient (Wildman–Crippen LogP) is 1.97. The van der Waals surface area contributed by atoms with Crippen LogP contribution in [-0.2, 0) is 4.79 Å². The van der Waals surface area contributed by atoms with Crippen LogP contribution in [0.15, 0.2) is 4.99 Å². The molecule has 2 aliphatic rings. The van der Waals surface area contributed by atoms with Crippen LogP contribution in [0.2, 0.25) is 0 Å². The fourth-order valence-corrected chi connectivity index (χ4v) is 2.78. The second kappa shape index (κ2) is 9.48. The molecule has 0 aromatic rings. The number of hydrogen-bond donors (Lipinski definition) is 2. The lowest BCUT2D eigenvalue weighted by molar-refractivity contribution is -0.129. The van der Waals surface area contributed by atoms with Gasteiger partial charge in [0.2, 0.25) is 5.91 Å². The van der Waals surface area contributed by atoms with E-state index in [-0.39, 0.29) is 24.0 Å². The van der Waals surface area contributed by atoms with Gasteiger partial charge in [-0.1, -0.05) is 6.92 Å². The summed E-state index contributed by atoms with van der Waals surface area (Å²) in [7, 11) is 1.81. The molecular weight excluding hydrogens is 379 g/mol. The van der Waals surface area contributed by atoms with E-state index in [1.807, 2.05) is 7.05 Å². The number of aliphatic imine (C=N–C) groups is 1. The molecule has 1 saturated carbocycles. The zero-order chi connectivity index (χ0) is 14.4. The molecule has 6 heteroatoms. The molecule has 1 amide bonds. The Bertz CT molecular complexity index is 358. The molecular formula is C15H29IN4O. The fraction of sp³-hybridized carbons (Fsp3) is 0.867. The van der Waals surface area contributed by atoms with Crippen LogP contribution in [0.4, 0.5) is 0 Å². The number of hydrogen-bond acceptors (Lipinski definition) is 2. The monoisotopic (exact) mass is 408 g/mol. The molecule has 2 fully saturated rings. The van der Waals surface area contributed by atoms with Crippen molar-refractivity contribution in [2.45, 2.75) is 51.5 Å². The summed E-state index contributed by atoms with van der Waals surface area (Å²) >= 11 is 0. The van der Waals surface area contributed by atoms with E-state index in [2.05, 4.69) is 27.4 Å². The van der Waals surface area contributed by atoms with Crippen molar-refractivity contribution < 1.29 is 4.79 Å². The maximum atomic E-state index is 11.8. The van der Waals surface area contributed by atoms with E-state index in [1.165, 1.54) is 12.8 Å². The van der Waals surface area contributed by atoms with Crippen molar-refractivity contribution in [1.29, 1.82) is 0 Å². The molecule has 5 nitrogen and oxygen atoms in total. The highest BCUT2D eigenvalue weighted by atomic mass is 127. The minimum Gasteiger partial charge on any atom is -0.356 e. The van der Waals surface area contributed by atoms with E-state index in [0.717, 1.165) is 57.2 Å². The molecule has 2 N–H and O–H groups in total. The van der Waals surface area contributed by atoms with Gasteiger partial charge < -0.3 is 15.5 Å². The molecule has 1 saturated heterocycles. The maximum absolute atomic E-state index is 11.8. The number of amides is 1. The summed E-state index contributed by atoms with van der Waals surface area (Å²) in [4.78, 5) is 18.1. The number of carbonyl (C=O) groups excluding carboxylic acids is 1. The summed E-state index contributed by atoms with van der Waals surface area (Å²) in [6, 6.07) is 0.374. The van der Waals surface area contributed by atoms with Crippen molar-refractivity contribution in [2.75, 3.05) is 26.7 Å². The smallest absolute Gasteiger partial charge is 0.222 e. The minimum atomic E-state index is 0. The Labute approximate surface area is 145 Å². The quantitative estimate of drug-likeness (QED) is 0.385. The molecule has 21 heavy (non-hydrogen) atoms. The lowest BCUT2D eigenvalue weighted by Crippen LogP contribution is -2.42. The van der Waals surface area contributed by atoms with Gasteiger partial charge in [-0.05, 0) is 38.0 Å². The Hall–Kier alpha value is -0.530. The molecule has 0 spiro atoms. The summed E-state index contributed by atoms with van der Waals surface area (Å²) in [5, 5.41) is 6.72. The number of nitrogens with zero attached hydrogens (tertiary/aromatic N) is 2. The van der Waals surface area contributed by atoms with Gasteiger partial charge in [-0.3, -0.25) is 9.79 Å². The van der Waals surface area contributed by atoms with Gasteiger partial charge in [0.15, 0.2) is 5.96 Å². The largest absolute Gasteiger partial charge is 0.356 e. The fourth-order valence-electron chi connectivity index (χ4n) is 2.78. The molecule has 122 valence electrons. The molecule has 1 aliphatic carbocycles. The zero-order valence-electron chi connectivity index (χ0n) is 13.2. The third kappa shape index (κ3) is 6.00. The lowest BCUT2D eigenvalue weighted by Gasteiger charge is -2.27. The summed E-state index contributed by atoms with van der Waals surface area (Å²) in [5.74, 6) is 2.06. The number of nitrogens with one attached hydrogen (secondary N) is 2. The lowest BCUT2D eigenvalue weighted by atomic mass is 10.1. The normalized spacial score (nSPS) is 20.2. The second-order valence-corrected chi connectivity index (χ2v) is 5.86. The van der Waals surface area contributed by atoms with Crippen LogP contribution in [0, 0.1) is 5.92 Å². The van der Waals surface area contributed by atoms with Crippen molar-refractivity contribution in [3.8, 4) is 0 Å². The Kier molecular flexibility index (Phi) is 8.36. The van der Waals surface area contributed by atoms with Crippen LogP contribution < -0.4 is 10.6 Å². The Balaban J connectivity index is 0.00000220.